The van der Waals surface area contributed by atoms with Gasteiger partial charge >= 0.3 is 0 Å². The van der Waals surface area contributed by atoms with Crippen LogP contribution in [0.1, 0.15) is 84.0 Å². The van der Waals surface area contributed by atoms with Gasteiger partial charge in [-0.15, -0.1) is 0 Å². The lowest BCUT2D eigenvalue weighted by atomic mass is 10.1. The van der Waals surface area contributed by atoms with Gasteiger partial charge in [0.25, 0.3) is 0 Å². The van der Waals surface area contributed by atoms with Crippen molar-refractivity contribution in [1.82, 2.24) is 0 Å². The number of aliphatic hydroxyl groups excluding tert-OH is 1. The number of aliphatic hydroxyl groups is 1. The molecule has 0 aromatic heterocycles. The lowest BCUT2D eigenvalue weighted by molar-refractivity contribution is -0.305. The van der Waals surface area contributed by atoms with Crippen LogP contribution in [0.2, 0.25) is 0 Å². The summed E-state index contributed by atoms with van der Waals surface area (Å²) in [4.78, 5) is 21.8. The second-order valence-corrected chi connectivity index (χ2v) is 5.88. The Hall–Kier alpha value is -1.16. The summed E-state index contributed by atoms with van der Waals surface area (Å²) in [6, 6.07) is 0. The van der Waals surface area contributed by atoms with Gasteiger partial charge in [0.2, 0.25) is 0 Å². The number of carbonyl (C=O) groups is 2. The highest BCUT2D eigenvalue weighted by molar-refractivity contribution is 5.89. The normalized spacial score (nSPS) is 12.6. The molecule has 22 heavy (non-hydrogen) atoms. The van der Waals surface area contributed by atoms with Crippen molar-refractivity contribution in [2.45, 2.75) is 90.1 Å². The van der Waals surface area contributed by atoms with Crippen molar-refractivity contribution in [2.24, 2.45) is 0 Å². The van der Waals surface area contributed by atoms with Gasteiger partial charge in [-0.05, 0) is 31.8 Å². The first kappa shape index (κ1) is 20.8. The first-order valence-electron chi connectivity index (χ1n) is 8.65. The van der Waals surface area contributed by atoms with Gasteiger partial charge < -0.3 is 15.0 Å². The standard InChI is InChI=1S/C18H32O4/c1-2-3-8-11-16(19)14-15-17(20)12-9-6-4-5-7-10-13-18(21)22/h14-16,19H,2-13H2,1H3,(H,21,22)/p-1/b15-14+. The molecule has 128 valence electrons. The lowest BCUT2D eigenvalue weighted by Crippen LogP contribution is -2.21. The van der Waals surface area contributed by atoms with Gasteiger partial charge in [-0.2, -0.15) is 0 Å². The summed E-state index contributed by atoms with van der Waals surface area (Å²) in [7, 11) is 0. The minimum atomic E-state index is -0.978. The predicted octanol–water partition coefficient (Wildman–Crippen LogP) is 2.92. The molecule has 1 atom stereocenters. The number of carboxylic acid groups (broad SMARTS) is 1. The summed E-state index contributed by atoms with van der Waals surface area (Å²) in [6.45, 7) is 2.12. The van der Waals surface area contributed by atoms with Gasteiger partial charge in [0.15, 0.2) is 5.78 Å². The number of rotatable bonds is 15. The first-order chi connectivity index (χ1) is 10.6. The fourth-order valence-electron chi connectivity index (χ4n) is 2.28. The van der Waals surface area contributed by atoms with Crippen molar-refractivity contribution in [3.63, 3.8) is 0 Å². The average molecular weight is 311 g/mol. The van der Waals surface area contributed by atoms with Gasteiger partial charge in [0.05, 0.1) is 6.10 Å². The Morgan fingerprint density at radius 2 is 1.55 bits per heavy atom. The van der Waals surface area contributed by atoms with E-state index in [4.69, 9.17) is 0 Å². The monoisotopic (exact) mass is 311 g/mol. The van der Waals surface area contributed by atoms with Crippen LogP contribution in [-0.4, -0.2) is 23.0 Å². The Morgan fingerprint density at radius 1 is 0.955 bits per heavy atom. The highest BCUT2D eigenvalue weighted by atomic mass is 16.4. The molecule has 0 aromatic rings. The molecular weight excluding hydrogens is 280 g/mol. The fourth-order valence-corrected chi connectivity index (χ4v) is 2.28. The largest absolute Gasteiger partial charge is 0.550 e. The van der Waals surface area contributed by atoms with Crippen LogP contribution in [0, 0.1) is 0 Å². The third-order valence-electron chi connectivity index (χ3n) is 3.66. The highest BCUT2D eigenvalue weighted by Gasteiger charge is 2.01. The van der Waals surface area contributed by atoms with Crippen LogP contribution in [0.5, 0.6) is 0 Å². The molecule has 0 aliphatic carbocycles. The van der Waals surface area contributed by atoms with E-state index in [1.807, 2.05) is 0 Å². The summed E-state index contributed by atoms with van der Waals surface area (Å²) in [5.41, 5.74) is 0. The van der Waals surface area contributed by atoms with E-state index in [0.29, 0.717) is 12.8 Å². The molecule has 0 aromatic carbocycles. The molecule has 0 saturated carbocycles. The molecule has 0 aliphatic heterocycles. The number of ketones is 1. The Kier molecular flexibility index (Phi) is 14.0. The van der Waals surface area contributed by atoms with Gasteiger partial charge in [-0.1, -0.05) is 57.9 Å². The Labute approximate surface area is 134 Å². The van der Waals surface area contributed by atoms with E-state index in [0.717, 1.165) is 57.8 Å². The molecule has 4 heteroatoms. The zero-order valence-corrected chi connectivity index (χ0v) is 13.9. The molecule has 0 aliphatic rings. The molecule has 0 radical (unpaired) electrons. The van der Waals surface area contributed by atoms with Crippen molar-refractivity contribution in [2.75, 3.05) is 0 Å². The fraction of sp³-hybridized carbons (Fsp3) is 0.778. The van der Waals surface area contributed by atoms with E-state index in [1.54, 1.807) is 6.08 Å². The second kappa shape index (κ2) is 14.8. The smallest absolute Gasteiger partial charge is 0.155 e. The Morgan fingerprint density at radius 3 is 2.14 bits per heavy atom. The molecule has 1 unspecified atom stereocenters. The maximum Gasteiger partial charge on any atom is 0.155 e. The Balaban J connectivity index is 3.47. The molecule has 0 saturated heterocycles. The second-order valence-electron chi connectivity index (χ2n) is 5.88. The van der Waals surface area contributed by atoms with Crippen molar-refractivity contribution in [3.05, 3.63) is 12.2 Å². The van der Waals surface area contributed by atoms with Gasteiger partial charge in [0, 0.05) is 12.4 Å². The van der Waals surface area contributed by atoms with Gasteiger partial charge in [0.1, 0.15) is 0 Å². The van der Waals surface area contributed by atoms with E-state index in [2.05, 4.69) is 6.92 Å². The van der Waals surface area contributed by atoms with Crippen LogP contribution in [0.25, 0.3) is 0 Å². The number of allylic oxidation sites excluding steroid dienone is 1. The minimum Gasteiger partial charge on any atom is -0.550 e. The summed E-state index contributed by atoms with van der Waals surface area (Å²) < 4.78 is 0. The maximum atomic E-state index is 11.6. The van der Waals surface area contributed by atoms with Crippen LogP contribution in [0.3, 0.4) is 0 Å². The molecule has 0 rings (SSSR count). The topological polar surface area (TPSA) is 77.4 Å². The van der Waals surface area contributed by atoms with Crippen molar-refractivity contribution in [3.8, 4) is 0 Å². The van der Waals surface area contributed by atoms with E-state index >= 15 is 0 Å². The molecule has 0 heterocycles. The van der Waals surface area contributed by atoms with Crippen molar-refractivity contribution < 1.29 is 19.8 Å². The van der Waals surface area contributed by atoms with Gasteiger partial charge in [-0.3, -0.25) is 4.79 Å². The zero-order valence-electron chi connectivity index (χ0n) is 13.9. The van der Waals surface area contributed by atoms with Crippen LogP contribution in [-0.2, 0) is 9.59 Å². The quantitative estimate of drug-likeness (QED) is 0.372. The molecule has 0 amide bonds. The number of hydrogen-bond acceptors (Lipinski definition) is 4. The average Bonchev–Trinajstić information content (AvgIpc) is 2.47. The summed E-state index contributed by atoms with van der Waals surface area (Å²) in [5.74, 6) is -0.902. The third kappa shape index (κ3) is 15.2. The highest BCUT2D eigenvalue weighted by Crippen LogP contribution is 2.09. The zero-order chi connectivity index (χ0) is 16.6. The SMILES string of the molecule is CCCCCC(O)/C=C/C(=O)CCCCCCCCC(=O)[O-]. The number of carbonyl (C=O) groups excluding carboxylic acids is 2. The molecule has 0 spiro atoms. The molecular formula is C18H31O4-. The summed E-state index contributed by atoms with van der Waals surface area (Å²) in [6.07, 6.45) is 12.7. The van der Waals surface area contributed by atoms with Gasteiger partial charge in [-0.25, -0.2) is 0 Å². The van der Waals surface area contributed by atoms with Crippen molar-refractivity contribution >= 4 is 11.8 Å². The molecule has 0 bridgehead atoms. The summed E-state index contributed by atoms with van der Waals surface area (Å²) in [5, 5.41) is 19.9. The first-order valence-corrected chi connectivity index (χ1v) is 8.65. The van der Waals surface area contributed by atoms with Crippen LogP contribution in [0.4, 0.5) is 0 Å². The number of carboxylic acids is 1. The van der Waals surface area contributed by atoms with E-state index in [1.165, 1.54) is 6.08 Å². The maximum absolute atomic E-state index is 11.6. The number of hydrogen-bond donors (Lipinski definition) is 1. The minimum absolute atomic E-state index is 0.0755. The Bertz CT molecular complexity index is 323. The molecule has 0 fully saturated rings. The number of aliphatic carboxylic acids is 1. The predicted molar refractivity (Wildman–Crippen MR) is 86.2 cm³/mol. The third-order valence-corrected chi connectivity index (χ3v) is 3.66. The van der Waals surface area contributed by atoms with E-state index in [9.17, 15) is 19.8 Å². The lowest BCUT2D eigenvalue weighted by Gasteiger charge is -2.04. The number of unbranched alkanes of at least 4 members (excludes halogenated alkanes) is 7. The van der Waals surface area contributed by atoms with E-state index < -0.39 is 12.1 Å². The van der Waals surface area contributed by atoms with Crippen molar-refractivity contribution in [1.29, 1.82) is 0 Å². The summed E-state index contributed by atoms with van der Waals surface area (Å²) >= 11 is 0. The van der Waals surface area contributed by atoms with Crippen LogP contribution in [0.15, 0.2) is 12.2 Å². The molecule has 4 nitrogen and oxygen atoms in total. The molecule has 1 N–H and O–H groups in total. The van der Waals surface area contributed by atoms with Crippen LogP contribution >= 0.6 is 0 Å². The van der Waals surface area contributed by atoms with E-state index in [-0.39, 0.29) is 12.2 Å². The van der Waals surface area contributed by atoms with Crippen LogP contribution < -0.4 is 5.11 Å².